The first-order valence-electron chi connectivity index (χ1n) is 9.72. The molecular weight excluding hydrogens is 360 g/mol. The molecule has 0 unspecified atom stereocenters. The highest BCUT2D eigenvalue weighted by Gasteiger charge is 2.55. The van der Waals surface area contributed by atoms with Gasteiger partial charge in [0.1, 0.15) is 11.3 Å². The summed E-state index contributed by atoms with van der Waals surface area (Å²) in [5.41, 5.74) is 3.26. The molecule has 1 aromatic rings. The lowest BCUT2D eigenvalue weighted by Crippen LogP contribution is -2.55. The van der Waals surface area contributed by atoms with Crippen molar-refractivity contribution in [3.8, 4) is 0 Å². The lowest BCUT2D eigenvalue weighted by atomic mass is 9.85. The Labute approximate surface area is 166 Å². The van der Waals surface area contributed by atoms with E-state index in [2.05, 4.69) is 0 Å². The van der Waals surface area contributed by atoms with Gasteiger partial charge in [-0.05, 0) is 57.2 Å². The molecule has 1 aromatic carbocycles. The van der Waals surface area contributed by atoms with Gasteiger partial charge in [0.25, 0.3) is 5.91 Å². The molecule has 0 aliphatic carbocycles. The van der Waals surface area contributed by atoms with Gasteiger partial charge in [-0.2, -0.15) is 5.06 Å². The molecule has 2 heterocycles. The van der Waals surface area contributed by atoms with Crippen LogP contribution in [0.2, 0.25) is 0 Å². The summed E-state index contributed by atoms with van der Waals surface area (Å²) in [5, 5.41) is 14.5. The fraction of sp³-hybridized carbons (Fsp3) is 0.571. The van der Waals surface area contributed by atoms with Crippen molar-refractivity contribution < 1.29 is 24.3 Å². The van der Waals surface area contributed by atoms with E-state index >= 15 is 0 Å². The van der Waals surface area contributed by atoms with Crippen LogP contribution in [0.3, 0.4) is 0 Å². The van der Waals surface area contributed by atoms with Gasteiger partial charge in [0, 0.05) is 19.7 Å². The molecule has 0 radical (unpaired) electrons. The molecule has 7 nitrogen and oxygen atoms in total. The number of piperidine rings is 1. The van der Waals surface area contributed by atoms with E-state index in [1.807, 2.05) is 44.9 Å². The van der Waals surface area contributed by atoms with Gasteiger partial charge in [0.2, 0.25) is 0 Å². The van der Waals surface area contributed by atoms with Crippen LogP contribution in [0.5, 0.6) is 0 Å². The molecule has 154 valence electrons. The number of hydroxylamine groups is 4. The molecule has 2 aliphatic rings. The summed E-state index contributed by atoms with van der Waals surface area (Å²) >= 11 is 0. The van der Waals surface area contributed by atoms with Crippen molar-refractivity contribution in [2.75, 3.05) is 33.6 Å². The van der Waals surface area contributed by atoms with E-state index in [0.29, 0.717) is 38.1 Å². The number of rotatable bonds is 6. The molecule has 3 rings (SSSR count). The van der Waals surface area contributed by atoms with Crippen molar-refractivity contribution in [1.82, 2.24) is 10.1 Å². The minimum absolute atomic E-state index is 0.0373. The standard InChI is InChI=1S/C21H30N2O5/c1-6-27-13-28-23-20(25)18(17-15(3)11-14(2)12-16(17)4)19(24)21(23)7-9-22(26-5)10-8-21/h11-12,24H,6-10,13H2,1-5H3. The highest BCUT2D eigenvalue weighted by Crippen LogP contribution is 2.46. The number of hydrogen-bond donors (Lipinski definition) is 1. The zero-order valence-electron chi connectivity index (χ0n) is 17.4. The van der Waals surface area contributed by atoms with E-state index in [-0.39, 0.29) is 18.5 Å². The number of benzene rings is 1. The quantitative estimate of drug-likeness (QED) is 0.595. The Hall–Kier alpha value is -1.93. The van der Waals surface area contributed by atoms with Crippen LogP contribution in [0, 0.1) is 20.8 Å². The first-order chi connectivity index (χ1) is 13.4. The predicted molar refractivity (Wildman–Crippen MR) is 105 cm³/mol. The predicted octanol–water partition coefficient (Wildman–Crippen LogP) is 3.04. The van der Waals surface area contributed by atoms with Crippen molar-refractivity contribution >= 4 is 11.5 Å². The van der Waals surface area contributed by atoms with Crippen LogP contribution in [-0.2, 0) is 19.2 Å². The van der Waals surface area contributed by atoms with Crippen molar-refractivity contribution in [2.45, 2.75) is 46.1 Å². The van der Waals surface area contributed by atoms with Gasteiger partial charge in [-0.1, -0.05) is 17.7 Å². The van der Waals surface area contributed by atoms with E-state index in [1.165, 1.54) is 5.06 Å². The molecule has 2 aliphatic heterocycles. The highest BCUT2D eigenvalue weighted by atomic mass is 16.8. The van der Waals surface area contributed by atoms with E-state index in [0.717, 1.165) is 22.3 Å². The second-order valence-corrected chi connectivity index (χ2v) is 7.48. The van der Waals surface area contributed by atoms with Crippen LogP contribution in [0.4, 0.5) is 0 Å². The molecule has 7 heteroatoms. The maximum absolute atomic E-state index is 13.4. The van der Waals surface area contributed by atoms with Gasteiger partial charge >= 0.3 is 0 Å². The largest absolute Gasteiger partial charge is 0.509 e. The molecule has 1 N–H and O–H groups in total. The fourth-order valence-electron chi connectivity index (χ4n) is 4.36. The van der Waals surface area contributed by atoms with E-state index < -0.39 is 5.54 Å². The minimum Gasteiger partial charge on any atom is -0.509 e. The number of nitrogens with zero attached hydrogens (tertiary/aromatic N) is 2. The first-order valence-corrected chi connectivity index (χ1v) is 9.72. The SMILES string of the molecule is CCOCON1C(=O)C(c2c(C)cc(C)cc2C)=C(O)C12CCN(OC)CC2. The summed E-state index contributed by atoms with van der Waals surface area (Å²) in [6.07, 6.45) is 1.02. The Balaban J connectivity index is 2.06. The fourth-order valence-corrected chi connectivity index (χ4v) is 4.36. The molecule has 0 aromatic heterocycles. The average molecular weight is 390 g/mol. The van der Waals surface area contributed by atoms with Crippen molar-refractivity contribution in [3.63, 3.8) is 0 Å². The molecule has 0 atom stereocenters. The summed E-state index contributed by atoms with van der Waals surface area (Å²) in [4.78, 5) is 24.5. The third-order valence-electron chi connectivity index (χ3n) is 5.67. The third kappa shape index (κ3) is 3.43. The summed E-state index contributed by atoms with van der Waals surface area (Å²) in [5.74, 6) is -0.238. The van der Waals surface area contributed by atoms with Gasteiger partial charge in [-0.25, -0.2) is 9.90 Å². The number of aliphatic hydroxyl groups excluding tert-OH is 1. The maximum Gasteiger partial charge on any atom is 0.282 e. The van der Waals surface area contributed by atoms with E-state index in [1.54, 1.807) is 7.11 Å². The molecule has 0 saturated carbocycles. The summed E-state index contributed by atoms with van der Waals surface area (Å²) in [7, 11) is 1.63. The molecule has 28 heavy (non-hydrogen) atoms. The molecule has 1 fully saturated rings. The third-order valence-corrected chi connectivity index (χ3v) is 5.67. The zero-order chi connectivity index (χ0) is 20.5. The van der Waals surface area contributed by atoms with E-state index in [4.69, 9.17) is 14.4 Å². The Morgan fingerprint density at radius 2 is 1.75 bits per heavy atom. The Bertz CT molecular complexity index is 758. The van der Waals surface area contributed by atoms with Crippen LogP contribution in [0.1, 0.15) is 42.0 Å². The second-order valence-electron chi connectivity index (χ2n) is 7.48. The molecule has 1 saturated heterocycles. The minimum atomic E-state index is -0.900. The number of carbonyl (C=O) groups excluding carboxylic acids is 1. The Kier molecular flexibility index (Phi) is 6.09. The van der Waals surface area contributed by atoms with Gasteiger partial charge in [0.15, 0.2) is 6.79 Å². The second kappa shape index (κ2) is 8.21. The summed E-state index contributed by atoms with van der Waals surface area (Å²) < 4.78 is 5.31. The molecular formula is C21H30N2O5. The maximum atomic E-state index is 13.4. The number of carbonyl (C=O) groups is 1. The van der Waals surface area contributed by atoms with Crippen LogP contribution >= 0.6 is 0 Å². The highest BCUT2D eigenvalue weighted by molar-refractivity contribution is 6.23. The van der Waals surface area contributed by atoms with Crippen molar-refractivity contribution in [2.24, 2.45) is 0 Å². The van der Waals surface area contributed by atoms with Crippen LogP contribution in [0.25, 0.3) is 5.57 Å². The number of hydrogen-bond acceptors (Lipinski definition) is 6. The van der Waals surface area contributed by atoms with Gasteiger partial charge in [-0.15, -0.1) is 0 Å². The topological polar surface area (TPSA) is 71.5 Å². The Morgan fingerprint density at radius 3 is 2.29 bits per heavy atom. The van der Waals surface area contributed by atoms with Crippen molar-refractivity contribution in [3.05, 3.63) is 40.1 Å². The summed E-state index contributed by atoms with van der Waals surface area (Å²) in [6, 6.07) is 4.06. The lowest BCUT2D eigenvalue weighted by Gasteiger charge is -2.42. The van der Waals surface area contributed by atoms with E-state index in [9.17, 15) is 9.90 Å². The van der Waals surface area contributed by atoms with Gasteiger partial charge in [-0.3, -0.25) is 4.79 Å². The number of ether oxygens (including phenoxy) is 1. The van der Waals surface area contributed by atoms with Gasteiger partial charge in [0.05, 0.1) is 12.7 Å². The molecule has 1 amide bonds. The summed E-state index contributed by atoms with van der Waals surface area (Å²) in [6.45, 7) is 9.43. The van der Waals surface area contributed by atoms with Gasteiger partial charge < -0.3 is 14.7 Å². The zero-order valence-corrected chi connectivity index (χ0v) is 17.4. The number of aliphatic hydroxyl groups is 1. The normalized spacial score (nSPS) is 19.9. The first kappa shape index (κ1) is 20.8. The average Bonchev–Trinajstić information content (AvgIpc) is 2.84. The monoisotopic (exact) mass is 390 g/mol. The van der Waals surface area contributed by atoms with Crippen LogP contribution in [0.15, 0.2) is 17.9 Å². The lowest BCUT2D eigenvalue weighted by molar-refractivity contribution is -0.263. The van der Waals surface area contributed by atoms with Crippen LogP contribution in [-0.4, -0.2) is 60.3 Å². The van der Waals surface area contributed by atoms with Crippen LogP contribution < -0.4 is 0 Å². The smallest absolute Gasteiger partial charge is 0.282 e. The number of amides is 1. The number of aryl methyl sites for hydroxylation is 3. The molecule has 1 spiro atoms. The molecule has 0 bridgehead atoms. The Morgan fingerprint density at radius 1 is 1.14 bits per heavy atom. The van der Waals surface area contributed by atoms with Crippen molar-refractivity contribution in [1.29, 1.82) is 0 Å².